The van der Waals surface area contributed by atoms with E-state index in [9.17, 15) is 4.79 Å². The van der Waals surface area contributed by atoms with Gasteiger partial charge in [-0.05, 0) is 50.8 Å². The summed E-state index contributed by atoms with van der Waals surface area (Å²) in [6.07, 6.45) is 5.46. The number of aryl methyl sites for hydroxylation is 2. The summed E-state index contributed by atoms with van der Waals surface area (Å²) in [5, 5.41) is 4.03. The first-order valence-corrected chi connectivity index (χ1v) is 8.23. The van der Waals surface area contributed by atoms with Gasteiger partial charge in [0.15, 0.2) is 0 Å². The van der Waals surface area contributed by atoms with E-state index < -0.39 is 0 Å². The minimum Gasteiger partial charge on any atom is -0.465 e. The quantitative estimate of drug-likeness (QED) is 0.785. The van der Waals surface area contributed by atoms with Gasteiger partial charge < -0.3 is 9.26 Å². The van der Waals surface area contributed by atoms with Crippen molar-refractivity contribution in [1.29, 1.82) is 0 Å². The van der Waals surface area contributed by atoms with Crippen molar-refractivity contribution in [3.63, 3.8) is 0 Å². The Kier molecular flexibility index (Phi) is 4.94. The lowest BCUT2D eigenvalue weighted by molar-refractivity contribution is 0.0600. The summed E-state index contributed by atoms with van der Waals surface area (Å²) in [7, 11) is 1.39. The molecule has 1 aliphatic rings. The van der Waals surface area contributed by atoms with Crippen LogP contribution in [0.2, 0.25) is 0 Å². The first-order chi connectivity index (χ1) is 11.6. The summed E-state index contributed by atoms with van der Waals surface area (Å²) in [6, 6.07) is 1.88. The zero-order chi connectivity index (χ0) is 17.1. The number of hydrogen-bond donors (Lipinski definition) is 0. The van der Waals surface area contributed by atoms with E-state index in [1.54, 1.807) is 6.20 Å². The van der Waals surface area contributed by atoms with E-state index >= 15 is 0 Å². The molecule has 0 N–H and O–H groups in total. The van der Waals surface area contributed by atoms with E-state index in [-0.39, 0.29) is 5.97 Å². The number of likely N-dealkylation sites (tertiary alicyclic amines) is 1. The molecule has 1 atom stereocenters. The normalized spacial score (nSPS) is 18.0. The molecular formula is C18H23N3O3. The van der Waals surface area contributed by atoms with Gasteiger partial charge in [-0.3, -0.25) is 9.88 Å². The van der Waals surface area contributed by atoms with Crippen LogP contribution in [0.3, 0.4) is 0 Å². The number of ether oxygens (including phenoxy) is 1. The number of hydrogen-bond acceptors (Lipinski definition) is 6. The molecule has 24 heavy (non-hydrogen) atoms. The number of nitrogens with zero attached hydrogens (tertiary/aromatic N) is 3. The molecule has 0 amide bonds. The highest BCUT2D eigenvalue weighted by Crippen LogP contribution is 2.24. The molecule has 1 aliphatic heterocycles. The average Bonchev–Trinajstić information content (AvgIpc) is 3.16. The maximum Gasteiger partial charge on any atom is 0.339 e. The summed E-state index contributed by atoms with van der Waals surface area (Å²) in [5.74, 6) is 1.14. The van der Waals surface area contributed by atoms with Crippen molar-refractivity contribution in [3.8, 4) is 0 Å². The van der Waals surface area contributed by atoms with Crippen LogP contribution in [0.4, 0.5) is 0 Å². The minimum absolute atomic E-state index is 0.337. The molecule has 1 fully saturated rings. The van der Waals surface area contributed by atoms with E-state index in [1.165, 1.54) is 12.7 Å². The molecule has 0 aliphatic carbocycles. The van der Waals surface area contributed by atoms with E-state index in [1.807, 2.05) is 26.1 Å². The third kappa shape index (κ3) is 3.64. The Labute approximate surface area is 141 Å². The number of carbonyl (C=O) groups excluding carboxylic acids is 1. The van der Waals surface area contributed by atoms with E-state index in [2.05, 4.69) is 15.0 Å². The van der Waals surface area contributed by atoms with Gasteiger partial charge >= 0.3 is 5.97 Å². The smallest absolute Gasteiger partial charge is 0.339 e. The zero-order valence-corrected chi connectivity index (χ0v) is 14.4. The maximum atomic E-state index is 11.6. The Morgan fingerprint density at radius 3 is 2.96 bits per heavy atom. The molecule has 0 spiro atoms. The van der Waals surface area contributed by atoms with Crippen molar-refractivity contribution >= 4 is 5.97 Å². The van der Waals surface area contributed by atoms with Crippen LogP contribution in [0, 0.1) is 19.8 Å². The lowest BCUT2D eigenvalue weighted by Gasteiger charge is -2.16. The van der Waals surface area contributed by atoms with Crippen molar-refractivity contribution in [2.24, 2.45) is 5.92 Å². The van der Waals surface area contributed by atoms with Gasteiger partial charge in [0, 0.05) is 31.0 Å². The molecule has 0 aromatic carbocycles. The van der Waals surface area contributed by atoms with Gasteiger partial charge in [-0.15, -0.1) is 0 Å². The summed E-state index contributed by atoms with van der Waals surface area (Å²) in [4.78, 5) is 18.2. The monoisotopic (exact) mass is 329 g/mol. The summed E-state index contributed by atoms with van der Waals surface area (Å²) < 4.78 is 10.0. The number of esters is 1. The van der Waals surface area contributed by atoms with E-state index in [4.69, 9.17) is 9.26 Å². The van der Waals surface area contributed by atoms with Crippen molar-refractivity contribution in [2.75, 3.05) is 20.2 Å². The Morgan fingerprint density at radius 1 is 1.42 bits per heavy atom. The molecule has 0 bridgehead atoms. The number of methoxy groups -OCH3 is 1. The van der Waals surface area contributed by atoms with Crippen LogP contribution in [-0.4, -0.2) is 41.2 Å². The minimum atomic E-state index is -0.337. The van der Waals surface area contributed by atoms with Crippen LogP contribution in [0.25, 0.3) is 0 Å². The van der Waals surface area contributed by atoms with Crippen molar-refractivity contribution < 1.29 is 14.1 Å². The van der Waals surface area contributed by atoms with Crippen molar-refractivity contribution in [3.05, 3.63) is 46.6 Å². The van der Waals surface area contributed by atoms with Crippen LogP contribution < -0.4 is 0 Å². The first-order valence-electron chi connectivity index (χ1n) is 8.23. The number of rotatable bonds is 5. The lowest BCUT2D eigenvalue weighted by Crippen LogP contribution is -2.21. The molecule has 1 unspecified atom stereocenters. The van der Waals surface area contributed by atoms with Crippen LogP contribution in [0.15, 0.2) is 23.0 Å². The molecule has 3 heterocycles. The number of aromatic nitrogens is 2. The highest BCUT2D eigenvalue weighted by molar-refractivity contribution is 5.89. The Morgan fingerprint density at radius 2 is 2.25 bits per heavy atom. The molecule has 6 nitrogen and oxygen atoms in total. The molecule has 6 heteroatoms. The van der Waals surface area contributed by atoms with Crippen LogP contribution in [-0.2, 0) is 17.7 Å². The number of carbonyl (C=O) groups is 1. The molecule has 0 radical (unpaired) electrons. The van der Waals surface area contributed by atoms with Gasteiger partial charge in [0.2, 0.25) is 0 Å². The Hall–Kier alpha value is -2.21. The molecule has 1 saturated heterocycles. The molecule has 2 aromatic rings. The van der Waals surface area contributed by atoms with Crippen LogP contribution >= 0.6 is 0 Å². The van der Waals surface area contributed by atoms with Crippen LogP contribution in [0.5, 0.6) is 0 Å². The third-order valence-electron chi connectivity index (χ3n) is 4.67. The predicted octanol–water partition coefficient (Wildman–Crippen LogP) is 2.54. The SMILES string of the molecule is COC(=O)c1cncc(CC2CCN(Cc3c(C)noc3C)C2)c1. The third-order valence-corrected chi connectivity index (χ3v) is 4.67. The second-order valence-electron chi connectivity index (χ2n) is 6.47. The maximum absolute atomic E-state index is 11.6. The number of pyridine rings is 1. The predicted molar refractivity (Wildman–Crippen MR) is 88.6 cm³/mol. The zero-order valence-electron chi connectivity index (χ0n) is 14.4. The van der Waals surface area contributed by atoms with Gasteiger partial charge in [-0.1, -0.05) is 5.16 Å². The van der Waals surface area contributed by atoms with Crippen molar-refractivity contribution in [1.82, 2.24) is 15.0 Å². The first kappa shape index (κ1) is 16.6. The van der Waals surface area contributed by atoms with Gasteiger partial charge in [-0.2, -0.15) is 0 Å². The fourth-order valence-corrected chi connectivity index (χ4v) is 3.34. The summed E-state index contributed by atoms with van der Waals surface area (Å²) >= 11 is 0. The fourth-order valence-electron chi connectivity index (χ4n) is 3.34. The molecule has 128 valence electrons. The average molecular weight is 329 g/mol. The molecule has 3 rings (SSSR count). The lowest BCUT2D eigenvalue weighted by atomic mass is 9.99. The van der Waals surface area contributed by atoms with Crippen molar-refractivity contribution in [2.45, 2.75) is 33.2 Å². The van der Waals surface area contributed by atoms with Gasteiger partial charge in [0.25, 0.3) is 0 Å². The van der Waals surface area contributed by atoms with Gasteiger partial charge in [-0.25, -0.2) is 4.79 Å². The Balaban J connectivity index is 1.59. The second-order valence-corrected chi connectivity index (χ2v) is 6.47. The van der Waals surface area contributed by atoms with Crippen LogP contribution in [0.1, 0.15) is 39.4 Å². The summed E-state index contributed by atoms with van der Waals surface area (Å²) in [5.41, 5.74) is 3.78. The standard InChI is InChI=1S/C18H23N3O3/c1-12-17(13(2)24-20-12)11-21-5-4-14(10-21)6-15-7-16(9-19-8-15)18(22)23-3/h7-9,14H,4-6,10-11H2,1-3H3. The highest BCUT2D eigenvalue weighted by atomic mass is 16.5. The highest BCUT2D eigenvalue weighted by Gasteiger charge is 2.25. The van der Waals surface area contributed by atoms with Gasteiger partial charge in [0.1, 0.15) is 5.76 Å². The van der Waals surface area contributed by atoms with E-state index in [0.717, 1.165) is 49.5 Å². The second kappa shape index (κ2) is 7.13. The molecular weight excluding hydrogens is 306 g/mol. The largest absolute Gasteiger partial charge is 0.465 e. The molecule has 0 saturated carbocycles. The summed E-state index contributed by atoms with van der Waals surface area (Å²) in [6.45, 7) is 6.94. The Bertz CT molecular complexity index is 707. The topological polar surface area (TPSA) is 68.5 Å². The van der Waals surface area contributed by atoms with Gasteiger partial charge in [0.05, 0.1) is 18.4 Å². The molecule has 2 aromatic heterocycles. The van der Waals surface area contributed by atoms with E-state index in [0.29, 0.717) is 11.5 Å². The fraction of sp³-hybridized carbons (Fsp3) is 0.500.